The molecule has 1 aromatic carbocycles. The molecule has 0 fully saturated rings. The van der Waals surface area contributed by atoms with E-state index in [0.29, 0.717) is 18.8 Å². The molecule has 0 spiro atoms. The summed E-state index contributed by atoms with van der Waals surface area (Å²) in [5.74, 6) is 0.403. The number of rotatable bonds is 4. The number of hydrogen-bond donors (Lipinski definition) is 0. The summed E-state index contributed by atoms with van der Waals surface area (Å²) >= 11 is 0. The number of anilines is 1. The molecule has 7 heteroatoms. The molecule has 1 aliphatic heterocycles. The van der Waals surface area contributed by atoms with Crippen molar-refractivity contribution in [1.29, 1.82) is 0 Å². The van der Waals surface area contributed by atoms with E-state index in [1.807, 2.05) is 11.0 Å². The molecule has 0 aromatic heterocycles. The second kappa shape index (κ2) is 5.85. The molecule has 1 aromatic rings. The fourth-order valence-electron chi connectivity index (χ4n) is 2.22. The zero-order valence-electron chi connectivity index (χ0n) is 12.4. The monoisotopic (exact) mass is 310 g/mol. The van der Waals surface area contributed by atoms with E-state index < -0.39 is 19.1 Å². The van der Waals surface area contributed by atoms with Crippen molar-refractivity contribution in [3.05, 3.63) is 46.0 Å². The van der Waals surface area contributed by atoms with Gasteiger partial charge in [0.1, 0.15) is 0 Å². The Labute approximate surface area is 124 Å². The van der Waals surface area contributed by atoms with E-state index in [2.05, 4.69) is 19.6 Å². The lowest BCUT2D eigenvalue weighted by Crippen LogP contribution is -2.33. The predicted octanol–water partition coefficient (Wildman–Crippen LogP) is 3.68. The molecule has 1 heterocycles. The minimum absolute atomic E-state index is 0.230. The quantitative estimate of drug-likeness (QED) is 0.483. The molecule has 2 rings (SSSR count). The van der Waals surface area contributed by atoms with E-state index >= 15 is 0 Å². The zero-order valence-corrected chi connectivity index (χ0v) is 13.4. The number of nitrogens with zero attached hydrogens (tertiary/aromatic N) is 2. The van der Waals surface area contributed by atoms with Gasteiger partial charge in [-0.1, -0.05) is 0 Å². The van der Waals surface area contributed by atoms with E-state index in [1.54, 1.807) is 0 Å². The van der Waals surface area contributed by atoms with Crippen LogP contribution in [0.25, 0.3) is 0 Å². The first kappa shape index (κ1) is 15.5. The minimum atomic E-state index is -1.61. The standard InChI is InChI=1S/C14H19FN2O3Si/c1-21(2,3)20-12-6-8-16(9-7-12)14-5-4-11(17(18)19)10-13(14)15/h4-6,10H,7-9H2,1-3H3. The number of halogens is 1. The molecule has 1 aliphatic rings. The van der Waals surface area contributed by atoms with E-state index in [-0.39, 0.29) is 5.69 Å². The third kappa shape index (κ3) is 4.04. The van der Waals surface area contributed by atoms with Gasteiger partial charge in [0.15, 0.2) is 5.82 Å². The van der Waals surface area contributed by atoms with Crippen LogP contribution in [0.15, 0.2) is 30.0 Å². The first-order valence-electron chi connectivity index (χ1n) is 6.83. The molecular weight excluding hydrogens is 291 g/mol. The summed E-state index contributed by atoms with van der Waals surface area (Å²) in [5, 5.41) is 10.6. The van der Waals surface area contributed by atoms with Gasteiger partial charge in [-0.2, -0.15) is 0 Å². The Hall–Kier alpha value is -1.89. The largest absolute Gasteiger partial charge is 0.547 e. The summed E-state index contributed by atoms with van der Waals surface area (Å²) in [7, 11) is -1.61. The van der Waals surface area contributed by atoms with Crippen LogP contribution in [0, 0.1) is 15.9 Å². The first-order valence-corrected chi connectivity index (χ1v) is 10.2. The average molecular weight is 310 g/mol. The molecule has 21 heavy (non-hydrogen) atoms. The van der Waals surface area contributed by atoms with Crippen LogP contribution in [-0.2, 0) is 4.43 Å². The van der Waals surface area contributed by atoms with Crippen molar-refractivity contribution in [2.45, 2.75) is 26.1 Å². The Bertz CT molecular complexity index is 584. The lowest BCUT2D eigenvalue weighted by molar-refractivity contribution is -0.385. The van der Waals surface area contributed by atoms with Gasteiger partial charge >= 0.3 is 0 Å². The van der Waals surface area contributed by atoms with Gasteiger partial charge in [0.25, 0.3) is 5.69 Å². The number of hydrogen-bond acceptors (Lipinski definition) is 4. The molecule has 0 aliphatic carbocycles. The molecule has 0 saturated carbocycles. The molecule has 0 atom stereocenters. The molecule has 5 nitrogen and oxygen atoms in total. The van der Waals surface area contributed by atoms with Gasteiger partial charge in [0, 0.05) is 25.6 Å². The van der Waals surface area contributed by atoms with Crippen LogP contribution in [0.5, 0.6) is 0 Å². The van der Waals surface area contributed by atoms with Gasteiger partial charge in [0.05, 0.1) is 22.4 Å². The molecule has 0 N–H and O–H groups in total. The van der Waals surface area contributed by atoms with Crippen molar-refractivity contribution in [2.75, 3.05) is 18.0 Å². The highest BCUT2D eigenvalue weighted by Crippen LogP contribution is 2.27. The summed E-state index contributed by atoms with van der Waals surface area (Å²) in [6, 6.07) is 3.76. The lowest BCUT2D eigenvalue weighted by Gasteiger charge is -2.31. The van der Waals surface area contributed by atoms with Crippen LogP contribution in [0.3, 0.4) is 0 Å². The van der Waals surface area contributed by atoms with Gasteiger partial charge in [-0.25, -0.2) is 4.39 Å². The first-order chi connectivity index (χ1) is 9.76. The Morgan fingerprint density at radius 3 is 2.57 bits per heavy atom. The van der Waals surface area contributed by atoms with Crippen LogP contribution in [0.2, 0.25) is 19.6 Å². The Balaban J connectivity index is 2.10. The van der Waals surface area contributed by atoms with Gasteiger partial charge in [-0.15, -0.1) is 0 Å². The van der Waals surface area contributed by atoms with Crippen molar-refractivity contribution in [2.24, 2.45) is 0 Å². The van der Waals surface area contributed by atoms with Crippen LogP contribution < -0.4 is 4.90 Å². The van der Waals surface area contributed by atoms with Crippen LogP contribution in [0.1, 0.15) is 6.42 Å². The minimum Gasteiger partial charge on any atom is -0.547 e. The molecular formula is C14H19FN2O3Si. The highest BCUT2D eigenvalue weighted by atomic mass is 28.4. The Kier molecular flexibility index (Phi) is 4.31. The van der Waals surface area contributed by atoms with Gasteiger partial charge < -0.3 is 9.33 Å². The smallest absolute Gasteiger partial charge is 0.272 e. The summed E-state index contributed by atoms with van der Waals surface area (Å²) in [6.07, 6.45) is 2.68. The number of benzene rings is 1. The third-order valence-corrected chi connectivity index (χ3v) is 3.96. The molecule has 0 saturated heterocycles. The van der Waals surface area contributed by atoms with Crippen LogP contribution >= 0.6 is 0 Å². The van der Waals surface area contributed by atoms with Crippen LogP contribution in [0.4, 0.5) is 15.8 Å². The fourth-order valence-corrected chi connectivity index (χ4v) is 3.19. The van der Waals surface area contributed by atoms with Crippen molar-refractivity contribution in [3.8, 4) is 0 Å². The zero-order chi connectivity index (χ0) is 15.6. The van der Waals surface area contributed by atoms with E-state index in [4.69, 9.17) is 4.43 Å². The van der Waals surface area contributed by atoms with Gasteiger partial charge in [-0.05, 0) is 31.8 Å². The average Bonchev–Trinajstić information content (AvgIpc) is 2.38. The second-order valence-electron chi connectivity index (χ2n) is 5.97. The molecule has 0 amide bonds. The predicted molar refractivity (Wildman–Crippen MR) is 82.4 cm³/mol. The van der Waals surface area contributed by atoms with Crippen LogP contribution in [-0.4, -0.2) is 26.3 Å². The van der Waals surface area contributed by atoms with Gasteiger partial charge in [0.2, 0.25) is 8.32 Å². The molecule has 0 radical (unpaired) electrons. The summed E-state index contributed by atoms with van der Waals surface area (Å²) < 4.78 is 19.9. The van der Waals surface area contributed by atoms with E-state index in [9.17, 15) is 14.5 Å². The topological polar surface area (TPSA) is 55.6 Å². The van der Waals surface area contributed by atoms with Crippen molar-refractivity contribution in [1.82, 2.24) is 0 Å². The van der Waals surface area contributed by atoms with Crippen molar-refractivity contribution < 1.29 is 13.7 Å². The SMILES string of the molecule is C[Si](C)(C)OC1=CCN(c2ccc([N+](=O)[O-])cc2F)CC1. The van der Waals surface area contributed by atoms with Crippen molar-refractivity contribution in [3.63, 3.8) is 0 Å². The maximum absolute atomic E-state index is 14.0. The molecule has 0 unspecified atom stereocenters. The number of non-ortho nitro benzene ring substituents is 1. The molecule has 0 bridgehead atoms. The summed E-state index contributed by atoms with van der Waals surface area (Å²) in [4.78, 5) is 11.9. The highest BCUT2D eigenvalue weighted by Gasteiger charge is 2.22. The highest BCUT2D eigenvalue weighted by molar-refractivity contribution is 6.70. The van der Waals surface area contributed by atoms with E-state index in [0.717, 1.165) is 18.2 Å². The lowest BCUT2D eigenvalue weighted by atomic mass is 10.2. The normalized spacial score (nSPS) is 15.6. The third-order valence-electron chi connectivity index (χ3n) is 3.09. The Morgan fingerprint density at radius 2 is 2.10 bits per heavy atom. The summed E-state index contributed by atoms with van der Waals surface area (Å²) in [5.41, 5.74) is 0.162. The van der Waals surface area contributed by atoms with E-state index in [1.165, 1.54) is 12.1 Å². The number of nitro groups is 1. The maximum Gasteiger partial charge on any atom is 0.272 e. The summed E-state index contributed by atoms with van der Waals surface area (Å²) in [6.45, 7) is 7.56. The fraction of sp³-hybridized carbons (Fsp3) is 0.429. The maximum atomic E-state index is 14.0. The molecule has 114 valence electrons. The number of nitro benzene ring substituents is 1. The second-order valence-corrected chi connectivity index (χ2v) is 10.4. The van der Waals surface area contributed by atoms with Gasteiger partial charge in [-0.3, -0.25) is 10.1 Å². The Morgan fingerprint density at radius 1 is 1.38 bits per heavy atom. The van der Waals surface area contributed by atoms with Crippen molar-refractivity contribution >= 4 is 19.7 Å².